The van der Waals surface area contributed by atoms with E-state index in [1.807, 2.05) is 24.3 Å². The molecule has 1 aliphatic carbocycles. The predicted octanol–water partition coefficient (Wildman–Crippen LogP) is 2.58. The highest BCUT2D eigenvalue weighted by molar-refractivity contribution is 5.99. The number of morpholine rings is 1. The first kappa shape index (κ1) is 19.4. The Bertz CT molecular complexity index is 709. The number of hydrogen-bond acceptors (Lipinski definition) is 4. The topological polar surface area (TPSA) is 61.9 Å². The highest BCUT2D eigenvalue weighted by atomic mass is 16.5. The van der Waals surface area contributed by atoms with Crippen LogP contribution in [0.4, 0.5) is 5.69 Å². The van der Waals surface area contributed by atoms with Gasteiger partial charge in [-0.2, -0.15) is 0 Å². The Balaban J connectivity index is 1.44. The summed E-state index contributed by atoms with van der Waals surface area (Å²) in [6.07, 6.45) is 7.48. The van der Waals surface area contributed by atoms with Crippen molar-refractivity contribution in [3.05, 3.63) is 29.8 Å². The summed E-state index contributed by atoms with van der Waals surface area (Å²) >= 11 is 0. The van der Waals surface area contributed by atoms with E-state index in [9.17, 15) is 9.59 Å². The first-order chi connectivity index (χ1) is 13.7. The lowest BCUT2D eigenvalue weighted by atomic mass is 9.79. The van der Waals surface area contributed by atoms with E-state index in [1.54, 1.807) is 4.90 Å². The van der Waals surface area contributed by atoms with Crippen LogP contribution in [0, 0.1) is 0 Å². The molecule has 1 saturated carbocycles. The van der Waals surface area contributed by atoms with Gasteiger partial charge in [-0.05, 0) is 37.5 Å². The minimum atomic E-state index is -0.0493. The molecule has 1 aromatic rings. The van der Waals surface area contributed by atoms with Crippen LogP contribution in [0.1, 0.15) is 55.3 Å². The zero-order chi connectivity index (χ0) is 19.4. The predicted molar refractivity (Wildman–Crippen MR) is 109 cm³/mol. The van der Waals surface area contributed by atoms with E-state index in [4.69, 9.17) is 4.74 Å². The van der Waals surface area contributed by atoms with Gasteiger partial charge in [0, 0.05) is 49.4 Å². The smallest absolute Gasteiger partial charge is 0.251 e. The Kier molecular flexibility index (Phi) is 5.97. The lowest BCUT2D eigenvalue weighted by Crippen LogP contribution is -2.59. The van der Waals surface area contributed by atoms with Crippen molar-refractivity contribution >= 4 is 17.5 Å². The number of nitrogens with zero attached hydrogens (tertiary/aromatic N) is 2. The lowest BCUT2D eigenvalue weighted by Gasteiger charge is -2.48. The highest BCUT2D eigenvalue weighted by Gasteiger charge is 2.38. The molecule has 0 atom stereocenters. The summed E-state index contributed by atoms with van der Waals surface area (Å²) in [7, 11) is 0. The van der Waals surface area contributed by atoms with E-state index in [1.165, 1.54) is 19.3 Å². The Hall–Kier alpha value is -1.92. The Labute approximate surface area is 167 Å². The fourth-order valence-electron chi connectivity index (χ4n) is 4.94. The maximum atomic E-state index is 12.9. The summed E-state index contributed by atoms with van der Waals surface area (Å²) in [5.74, 6) is 0.0951. The van der Waals surface area contributed by atoms with Crippen molar-refractivity contribution in [2.75, 3.05) is 44.3 Å². The minimum Gasteiger partial charge on any atom is -0.379 e. The third-order valence-corrected chi connectivity index (χ3v) is 6.54. The molecule has 0 bridgehead atoms. The molecule has 28 heavy (non-hydrogen) atoms. The van der Waals surface area contributed by atoms with Gasteiger partial charge >= 0.3 is 0 Å². The van der Waals surface area contributed by atoms with Crippen molar-refractivity contribution in [3.8, 4) is 0 Å². The number of rotatable bonds is 5. The van der Waals surface area contributed by atoms with Gasteiger partial charge in [0.15, 0.2) is 0 Å². The maximum Gasteiger partial charge on any atom is 0.251 e. The van der Waals surface area contributed by atoms with Crippen LogP contribution in [0.3, 0.4) is 0 Å². The van der Waals surface area contributed by atoms with Crippen LogP contribution in [0.5, 0.6) is 0 Å². The lowest BCUT2D eigenvalue weighted by molar-refractivity contribution is -0.117. The molecule has 0 radical (unpaired) electrons. The summed E-state index contributed by atoms with van der Waals surface area (Å²) < 4.78 is 5.54. The normalized spacial score (nSPS) is 23.0. The number of carbonyl (C=O) groups excluding carboxylic acids is 2. The second-order valence-electron chi connectivity index (χ2n) is 8.27. The van der Waals surface area contributed by atoms with Gasteiger partial charge in [0.05, 0.1) is 13.2 Å². The third-order valence-electron chi connectivity index (χ3n) is 6.54. The van der Waals surface area contributed by atoms with Crippen molar-refractivity contribution in [2.24, 2.45) is 0 Å². The average molecular weight is 386 g/mol. The Morgan fingerprint density at radius 3 is 2.57 bits per heavy atom. The van der Waals surface area contributed by atoms with Crippen LogP contribution in [0.2, 0.25) is 0 Å². The van der Waals surface area contributed by atoms with E-state index in [2.05, 4.69) is 10.2 Å². The van der Waals surface area contributed by atoms with Gasteiger partial charge in [-0.15, -0.1) is 0 Å². The van der Waals surface area contributed by atoms with Gasteiger partial charge in [0.2, 0.25) is 5.91 Å². The number of hydrogen-bond donors (Lipinski definition) is 1. The van der Waals surface area contributed by atoms with Crippen molar-refractivity contribution in [1.82, 2.24) is 10.2 Å². The summed E-state index contributed by atoms with van der Waals surface area (Å²) in [5.41, 5.74) is 1.51. The average Bonchev–Trinajstić information content (AvgIpc) is 3.19. The fourth-order valence-corrected chi connectivity index (χ4v) is 4.94. The molecule has 6 heteroatoms. The van der Waals surface area contributed by atoms with Crippen LogP contribution in [0.25, 0.3) is 0 Å². The number of amides is 2. The third kappa shape index (κ3) is 4.08. The Morgan fingerprint density at radius 1 is 1.07 bits per heavy atom. The molecule has 2 aliphatic heterocycles. The number of ether oxygens (including phenoxy) is 1. The molecule has 2 saturated heterocycles. The highest BCUT2D eigenvalue weighted by Crippen LogP contribution is 2.34. The number of anilines is 1. The molecule has 2 amide bonds. The van der Waals surface area contributed by atoms with Crippen molar-refractivity contribution in [1.29, 1.82) is 0 Å². The van der Waals surface area contributed by atoms with Gasteiger partial charge in [0.1, 0.15) is 0 Å². The van der Waals surface area contributed by atoms with Gasteiger partial charge in [-0.3, -0.25) is 14.5 Å². The number of nitrogens with one attached hydrogen (secondary N) is 1. The summed E-state index contributed by atoms with van der Waals surface area (Å²) in [4.78, 5) is 29.2. The van der Waals surface area contributed by atoms with Crippen molar-refractivity contribution in [2.45, 2.75) is 50.5 Å². The molecule has 2 heterocycles. The van der Waals surface area contributed by atoms with Gasteiger partial charge in [-0.25, -0.2) is 0 Å². The zero-order valence-corrected chi connectivity index (χ0v) is 16.6. The summed E-state index contributed by atoms with van der Waals surface area (Å²) in [6, 6.07) is 7.47. The molecule has 1 aromatic carbocycles. The molecule has 152 valence electrons. The quantitative estimate of drug-likeness (QED) is 0.846. The Morgan fingerprint density at radius 2 is 1.86 bits per heavy atom. The molecular weight excluding hydrogens is 354 g/mol. The number of benzene rings is 1. The molecule has 6 nitrogen and oxygen atoms in total. The number of carbonyl (C=O) groups is 2. The van der Waals surface area contributed by atoms with Gasteiger partial charge in [-0.1, -0.05) is 25.3 Å². The first-order valence-corrected chi connectivity index (χ1v) is 10.7. The van der Waals surface area contributed by atoms with Crippen LogP contribution < -0.4 is 10.2 Å². The molecule has 0 spiro atoms. The van der Waals surface area contributed by atoms with Crippen LogP contribution in [-0.4, -0.2) is 61.6 Å². The summed E-state index contributed by atoms with van der Waals surface area (Å²) in [6.45, 7) is 4.87. The standard InChI is InChI=1S/C22H31N3O3/c26-20-8-5-11-25(20)19-7-4-6-18(16-19)21(27)23-17-22(9-2-1-3-10-22)24-12-14-28-15-13-24/h4,6-7,16H,1-3,5,8-15,17H2,(H,23,27). The molecule has 3 fully saturated rings. The van der Waals surface area contributed by atoms with Gasteiger partial charge < -0.3 is 15.0 Å². The summed E-state index contributed by atoms with van der Waals surface area (Å²) in [5, 5.41) is 3.21. The first-order valence-electron chi connectivity index (χ1n) is 10.7. The maximum absolute atomic E-state index is 12.9. The second kappa shape index (κ2) is 8.62. The van der Waals surface area contributed by atoms with Crippen LogP contribution in [-0.2, 0) is 9.53 Å². The minimum absolute atomic E-state index is 0.0493. The van der Waals surface area contributed by atoms with E-state index < -0.39 is 0 Å². The molecule has 4 rings (SSSR count). The van der Waals surface area contributed by atoms with E-state index in [0.717, 1.165) is 57.8 Å². The van der Waals surface area contributed by atoms with E-state index in [-0.39, 0.29) is 17.4 Å². The van der Waals surface area contributed by atoms with Gasteiger partial charge in [0.25, 0.3) is 5.91 Å². The monoisotopic (exact) mass is 385 g/mol. The molecular formula is C22H31N3O3. The van der Waals surface area contributed by atoms with Crippen LogP contribution in [0.15, 0.2) is 24.3 Å². The van der Waals surface area contributed by atoms with Crippen molar-refractivity contribution < 1.29 is 14.3 Å². The molecule has 3 aliphatic rings. The SMILES string of the molecule is O=C(NCC1(N2CCOCC2)CCCCC1)c1cccc(N2CCCC2=O)c1. The second-order valence-corrected chi connectivity index (χ2v) is 8.27. The molecule has 0 unspecified atom stereocenters. The van der Waals surface area contributed by atoms with Crippen LogP contribution >= 0.6 is 0 Å². The molecule has 0 aromatic heterocycles. The van der Waals surface area contributed by atoms with E-state index in [0.29, 0.717) is 18.5 Å². The van der Waals surface area contributed by atoms with E-state index >= 15 is 0 Å². The van der Waals surface area contributed by atoms with Crippen molar-refractivity contribution in [3.63, 3.8) is 0 Å². The zero-order valence-electron chi connectivity index (χ0n) is 16.6. The molecule has 1 N–H and O–H groups in total. The largest absolute Gasteiger partial charge is 0.379 e. The fraction of sp³-hybridized carbons (Fsp3) is 0.636.